The zero-order chi connectivity index (χ0) is 20.2. The number of carboxylic acids is 1. The SMILES string of the molecule is CC[C@@H](C(=O)Nc1ccc(C(=O)O)cc1)N(c1cccc(Cl)c1)S(C)(=O)=O. The highest BCUT2D eigenvalue weighted by molar-refractivity contribution is 7.92. The van der Waals surface area contributed by atoms with Crippen molar-refractivity contribution in [2.24, 2.45) is 0 Å². The van der Waals surface area contributed by atoms with E-state index < -0.39 is 27.9 Å². The summed E-state index contributed by atoms with van der Waals surface area (Å²) in [6.45, 7) is 1.69. The van der Waals surface area contributed by atoms with Crippen LogP contribution >= 0.6 is 11.6 Å². The Bertz CT molecular complexity index is 944. The predicted octanol–water partition coefficient (Wildman–Crippen LogP) is 3.22. The second-order valence-electron chi connectivity index (χ2n) is 5.83. The summed E-state index contributed by atoms with van der Waals surface area (Å²) in [7, 11) is -3.77. The van der Waals surface area contributed by atoms with E-state index in [0.717, 1.165) is 10.6 Å². The number of amides is 1. The minimum absolute atomic E-state index is 0.0803. The van der Waals surface area contributed by atoms with Gasteiger partial charge in [-0.2, -0.15) is 0 Å². The molecule has 0 saturated heterocycles. The summed E-state index contributed by atoms with van der Waals surface area (Å²) >= 11 is 5.97. The van der Waals surface area contributed by atoms with Gasteiger partial charge in [0.15, 0.2) is 0 Å². The smallest absolute Gasteiger partial charge is 0.335 e. The topological polar surface area (TPSA) is 104 Å². The molecule has 2 aromatic rings. The van der Waals surface area contributed by atoms with Gasteiger partial charge >= 0.3 is 5.97 Å². The first-order valence-corrected chi connectivity index (χ1v) is 10.2. The summed E-state index contributed by atoms with van der Waals surface area (Å²) < 4.78 is 25.7. The Morgan fingerprint density at radius 2 is 1.81 bits per heavy atom. The Morgan fingerprint density at radius 1 is 1.19 bits per heavy atom. The molecule has 2 N–H and O–H groups in total. The number of sulfonamides is 1. The molecule has 0 aliphatic heterocycles. The molecule has 0 radical (unpaired) electrons. The molecule has 1 amide bonds. The van der Waals surface area contributed by atoms with E-state index in [9.17, 15) is 18.0 Å². The molecule has 0 bridgehead atoms. The van der Waals surface area contributed by atoms with Crippen molar-refractivity contribution in [3.63, 3.8) is 0 Å². The maximum atomic E-state index is 12.7. The minimum Gasteiger partial charge on any atom is -0.478 e. The largest absolute Gasteiger partial charge is 0.478 e. The average molecular weight is 411 g/mol. The van der Waals surface area contributed by atoms with Gasteiger partial charge in [-0.25, -0.2) is 13.2 Å². The first-order chi connectivity index (χ1) is 12.6. The lowest BCUT2D eigenvalue weighted by Crippen LogP contribution is -2.47. The lowest BCUT2D eigenvalue weighted by atomic mass is 10.1. The molecular formula is C18H19ClN2O5S. The molecule has 2 aromatic carbocycles. The predicted molar refractivity (Wildman–Crippen MR) is 105 cm³/mol. The van der Waals surface area contributed by atoms with Crippen molar-refractivity contribution >= 4 is 44.9 Å². The molecule has 0 spiro atoms. The molecule has 27 heavy (non-hydrogen) atoms. The number of aromatic carboxylic acids is 1. The second kappa shape index (κ2) is 8.41. The van der Waals surface area contributed by atoms with Gasteiger partial charge in [0.25, 0.3) is 0 Å². The molecule has 9 heteroatoms. The maximum absolute atomic E-state index is 12.7. The van der Waals surface area contributed by atoms with Gasteiger partial charge in [0.05, 0.1) is 17.5 Å². The van der Waals surface area contributed by atoms with Gasteiger partial charge in [-0.1, -0.05) is 24.6 Å². The van der Waals surface area contributed by atoms with Crippen LogP contribution in [0.2, 0.25) is 5.02 Å². The molecule has 1 atom stereocenters. The van der Waals surface area contributed by atoms with Crippen molar-refractivity contribution in [3.8, 4) is 0 Å². The lowest BCUT2D eigenvalue weighted by Gasteiger charge is -2.30. The van der Waals surface area contributed by atoms with E-state index >= 15 is 0 Å². The Labute approximate surface area is 162 Å². The number of hydrogen-bond donors (Lipinski definition) is 2. The van der Waals surface area contributed by atoms with Crippen LogP contribution in [0.1, 0.15) is 23.7 Å². The minimum atomic E-state index is -3.77. The fourth-order valence-corrected chi connectivity index (χ4v) is 3.98. The number of nitrogens with zero attached hydrogens (tertiary/aromatic N) is 1. The van der Waals surface area contributed by atoms with Crippen molar-refractivity contribution in [2.45, 2.75) is 19.4 Å². The van der Waals surface area contributed by atoms with Gasteiger partial charge in [-0.3, -0.25) is 9.10 Å². The molecule has 0 saturated carbocycles. The number of carboxylic acid groups (broad SMARTS) is 1. The molecular weight excluding hydrogens is 392 g/mol. The van der Waals surface area contributed by atoms with Crippen molar-refractivity contribution in [1.29, 1.82) is 0 Å². The van der Waals surface area contributed by atoms with E-state index in [1.807, 2.05) is 0 Å². The van der Waals surface area contributed by atoms with Gasteiger partial charge < -0.3 is 10.4 Å². The van der Waals surface area contributed by atoms with E-state index in [2.05, 4.69) is 5.32 Å². The van der Waals surface area contributed by atoms with Crippen LogP contribution in [0.4, 0.5) is 11.4 Å². The van der Waals surface area contributed by atoms with Gasteiger partial charge in [0.1, 0.15) is 6.04 Å². The normalized spacial score (nSPS) is 12.3. The van der Waals surface area contributed by atoms with Crippen molar-refractivity contribution in [1.82, 2.24) is 0 Å². The molecule has 0 heterocycles. The zero-order valence-corrected chi connectivity index (χ0v) is 16.3. The summed E-state index contributed by atoms with van der Waals surface area (Å²) in [5.74, 6) is -1.62. The molecule has 7 nitrogen and oxygen atoms in total. The van der Waals surface area contributed by atoms with Crippen LogP contribution in [0.5, 0.6) is 0 Å². The van der Waals surface area contributed by atoms with Crippen molar-refractivity contribution < 1.29 is 23.1 Å². The number of carbonyl (C=O) groups excluding carboxylic acids is 1. The van der Waals surface area contributed by atoms with Gasteiger partial charge in [0, 0.05) is 10.7 Å². The average Bonchev–Trinajstić information content (AvgIpc) is 2.58. The van der Waals surface area contributed by atoms with Crippen LogP contribution in [0.15, 0.2) is 48.5 Å². The van der Waals surface area contributed by atoms with Crippen LogP contribution in [0, 0.1) is 0 Å². The molecule has 0 fully saturated rings. The number of benzene rings is 2. The maximum Gasteiger partial charge on any atom is 0.335 e. The molecule has 0 aliphatic rings. The van der Waals surface area contributed by atoms with Crippen LogP contribution in [-0.4, -0.2) is 37.7 Å². The number of hydrogen-bond acceptors (Lipinski definition) is 4. The standard InChI is InChI=1S/C18H19ClN2O5S/c1-3-16(17(22)20-14-9-7-12(8-10-14)18(23)24)21(27(2,25)26)15-6-4-5-13(19)11-15/h4-11,16H,3H2,1-2H3,(H,20,22)(H,23,24)/t16-/m0/s1. The monoisotopic (exact) mass is 410 g/mol. The summed E-state index contributed by atoms with van der Waals surface area (Å²) in [5, 5.41) is 11.9. The number of halogens is 1. The summed E-state index contributed by atoms with van der Waals surface area (Å²) in [4.78, 5) is 23.6. The van der Waals surface area contributed by atoms with Crippen LogP contribution in [-0.2, 0) is 14.8 Å². The van der Waals surface area contributed by atoms with E-state index in [-0.39, 0.29) is 17.7 Å². The third-order valence-corrected chi connectivity index (χ3v) is 5.21. The summed E-state index contributed by atoms with van der Waals surface area (Å²) in [6, 6.07) is 10.8. The number of rotatable bonds is 7. The van der Waals surface area contributed by atoms with Gasteiger partial charge in [-0.15, -0.1) is 0 Å². The Hall–Kier alpha value is -2.58. The Morgan fingerprint density at radius 3 is 2.30 bits per heavy atom. The molecule has 144 valence electrons. The number of carbonyl (C=O) groups is 2. The Kier molecular flexibility index (Phi) is 6.45. The first-order valence-electron chi connectivity index (χ1n) is 8.02. The fourth-order valence-electron chi connectivity index (χ4n) is 2.60. The fraction of sp³-hybridized carbons (Fsp3) is 0.222. The van der Waals surface area contributed by atoms with Gasteiger partial charge in [-0.05, 0) is 48.9 Å². The third-order valence-electron chi connectivity index (χ3n) is 3.79. The highest BCUT2D eigenvalue weighted by Crippen LogP contribution is 2.26. The molecule has 0 aliphatic carbocycles. The van der Waals surface area contributed by atoms with Crippen molar-refractivity contribution in [2.75, 3.05) is 15.9 Å². The van der Waals surface area contributed by atoms with E-state index in [0.29, 0.717) is 10.7 Å². The van der Waals surface area contributed by atoms with Crippen LogP contribution < -0.4 is 9.62 Å². The van der Waals surface area contributed by atoms with Crippen LogP contribution in [0.25, 0.3) is 0 Å². The first kappa shape index (κ1) is 20.7. The van der Waals surface area contributed by atoms with Crippen molar-refractivity contribution in [3.05, 3.63) is 59.1 Å². The highest BCUT2D eigenvalue weighted by atomic mass is 35.5. The quantitative estimate of drug-likeness (QED) is 0.729. The third kappa shape index (κ3) is 5.21. The van der Waals surface area contributed by atoms with E-state index in [4.69, 9.17) is 16.7 Å². The summed E-state index contributed by atoms with van der Waals surface area (Å²) in [6.07, 6.45) is 1.24. The lowest BCUT2D eigenvalue weighted by molar-refractivity contribution is -0.117. The van der Waals surface area contributed by atoms with Gasteiger partial charge in [0.2, 0.25) is 15.9 Å². The number of anilines is 2. The summed E-state index contributed by atoms with van der Waals surface area (Å²) in [5.41, 5.74) is 0.730. The molecule has 2 rings (SSSR count). The highest BCUT2D eigenvalue weighted by Gasteiger charge is 2.31. The number of nitrogens with one attached hydrogen (secondary N) is 1. The van der Waals surface area contributed by atoms with E-state index in [1.165, 1.54) is 30.3 Å². The zero-order valence-electron chi connectivity index (χ0n) is 14.7. The molecule has 0 aromatic heterocycles. The van der Waals surface area contributed by atoms with Crippen LogP contribution in [0.3, 0.4) is 0 Å². The van der Waals surface area contributed by atoms with E-state index in [1.54, 1.807) is 25.1 Å². The second-order valence-corrected chi connectivity index (χ2v) is 8.13. The molecule has 0 unspecified atom stereocenters. The Balaban J connectivity index is 2.33.